The number of halogens is 2. The first-order valence-electron chi connectivity index (χ1n) is 4.83. The van der Waals surface area contributed by atoms with Crippen molar-refractivity contribution >= 4 is 29.2 Å². The van der Waals surface area contributed by atoms with Gasteiger partial charge in [-0.15, -0.1) is 0 Å². The molecule has 5 nitrogen and oxygen atoms in total. The summed E-state index contributed by atoms with van der Waals surface area (Å²) in [5.41, 5.74) is 0.905. The molecule has 0 amide bonds. The van der Waals surface area contributed by atoms with Crippen LogP contribution in [0.2, 0.25) is 10.6 Å². The van der Waals surface area contributed by atoms with Crippen molar-refractivity contribution in [3.63, 3.8) is 0 Å². The Morgan fingerprint density at radius 2 is 1.82 bits per heavy atom. The van der Waals surface area contributed by atoms with Gasteiger partial charge >= 0.3 is 0 Å². The van der Waals surface area contributed by atoms with Gasteiger partial charge in [0.2, 0.25) is 16.5 Å². The summed E-state index contributed by atoms with van der Waals surface area (Å²) < 4.78 is 0. The van der Waals surface area contributed by atoms with Crippen molar-refractivity contribution in [2.75, 3.05) is 11.9 Å². The summed E-state index contributed by atoms with van der Waals surface area (Å²) in [7, 11) is 1.83. The van der Waals surface area contributed by atoms with Crippen molar-refractivity contribution in [2.45, 2.75) is 6.54 Å². The van der Waals surface area contributed by atoms with Gasteiger partial charge in [0.15, 0.2) is 0 Å². The summed E-state index contributed by atoms with van der Waals surface area (Å²) in [4.78, 5) is 17.7. The molecule has 0 N–H and O–H groups in total. The molecule has 0 saturated heterocycles. The van der Waals surface area contributed by atoms with Gasteiger partial charge < -0.3 is 4.90 Å². The van der Waals surface area contributed by atoms with Crippen LogP contribution in [-0.4, -0.2) is 27.0 Å². The largest absolute Gasteiger partial charge is 0.338 e. The Hall–Kier alpha value is -1.46. The molecule has 0 aromatic carbocycles. The normalized spacial score (nSPS) is 10.3. The van der Waals surface area contributed by atoms with E-state index in [1.54, 1.807) is 11.1 Å². The van der Waals surface area contributed by atoms with Crippen LogP contribution < -0.4 is 4.90 Å². The number of pyridine rings is 1. The fourth-order valence-electron chi connectivity index (χ4n) is 1.29. The van der Waals surface area contributed by atoms with E-state index < -0.39 is 0 Å². The Morgan fingerprint density at radius 1 is 1.12 bits per heavy atom. The molecule has 0 aliphatic rings. The van der Waals surface area contributed by atoms with Crippen LogP contribution in [0.1, 0.15) is 5.69 Å². The second-order valence-electron chi connectivity index (χ2n) is 3.35. The highest BCUT2D eigenvalue weighted by Crippen LogP contribution is 2.14. The first kappa shape index (κ1) is 12.0. The zero-order chi connectivity index (χ0) is 12.3. The van der Waals surface area contributed by atoms with Crippen LogP contribution in [0.4, 0.5) is 5.95 Å². The molecule has 0 fully saturated rings. The van der Waals surface area contributed by atoms with Gasteiger partial charge in [-0.1, -0.05) is 6.07 Å². The smallest absolute Gasteiger partial charge is 0.231 e. The van der Waals surface area contributed by atoms with E-state index in [-0.39, 0.29) is 10.6 Å². The van der Waals surface area contributed by atoms with Gasteiger partial charge in [-0.2, -0.15) is 15.0 Å². The van der Waals surface area contributed by atoms with Crippen molar-refractivity contribution in [1.82, 2.24) is 19.9 Å². The molecule has 17 heavy (non-hydrogen) atoms. The lowest BCUT2D eigenvalue weighted by Crippen LogP contribution is -2.20. The third-order valence-corrected chi connectivity index (χ3v) is 2.37. The minimum Gasteiger partial charge on any atom is -0.338 e. The number of nitrogens with zero attached hydrogens (tertiary/aromatic N) is 5. The predicted octanol–water partition coefficient (Wildman–Crippen LogP) is 2.21. The van der Waals surface area contributed by atoms with Crippen LogP contribution >= 0.6 is 23.2 Å². The van der Waals surface area contributed by atoms with Crippen LogP contribution in [0.5, 0.6) is 0 Å². The van der Waals surface area contributed by atoms with E-state index in [2.05, 4.69) is 19.9 Å². The fourth-order valence-corrected chi connectivity index (χ4v) is 1.65. The van der Waals surface area contributed by atoms with E-state index in [0.717, 1.165) is 5.69 Å². The van der Waals surface area contributed by atoms with E-state index in [4.69, 9.17) is 23.2 Å². The number of hydrogen-bond donors (Lipinski definition) is 0. The summed E-state index contributed by atoms with van der Waals surface area (Å²) in [6.45, 7) is 0.567. The second-order valence-corrected chi connectivity index (χ2v) is 4.03. The second kappa shape index (κ2) is 5.25. The van der Waals surface area contributed by atoms with Gasteiger partial charge in [-0.3, -0.25) is 4.98 Å². The standard InChI is InChI=1S/C10H9Cl2N5/c1-17(6-7-4-2-3-5-13-7)10-15-8(11)14-9(12)16-10/h2-5H,6H2,1H3. The Labute approximate surface area is 108 Å². The maximum absolute atomic E-state index is 5.71. The first-order valence-corrected chi connectivity index (χ1v) is 5.59. The molecule has 0 saturated carbocycles. The summed E-state index contributed by atoms with van der Waals surface area (Å²) in [6, 6.07) is 5.70. The lowest BCUT2D eigenvalue weighted by molar-refractivity contribution is 0.830. The summed E-state index contributed by atoms with van der Waals surface area (Å²) >= 11 is 11.4. The molecule has 0 aliphatic carbocycles. The zero-order valence-electron chi connectivity index (χ0n) is 9.01. The maximum Gasteiger partial charge on any atom is 0.231 e. The molecular formula is C10H9Cl2N5. The third kappa shape index (κ3) is 3.25. The van der Waals surface area contributed by atoms with E-state index in [1.165, 1.54) is 0 Å². The average molecular weight is 270 g/mol. The van der Waals surface area contributed by atoms with Crippen molar-refractivity contribution < 1.29 is 0 Å². The third-order valence-electron chi connectivity index (χ3n) is 2.04. The molecule has 7 heteroatoms. The summed E-state index contributed by atoms with van der Waals surface area (Å²) in [5.74, 6) is 0.417. The average Bonchev–Trinajstić information content (AvgIpc) is 2.29. The molecule has 0 atom stereocenters. The lowest BCUT2D eigenvalue weighted by atomic mass is 10.3. The molecule has 0 aliphatic heterocycles. The summed E-state index contributed by atoms with van der Waals surface area (Å²) in [5, 5.41) is 0.153. The summed E-state index contributed by atoms with van der Waals surface area (Å²) in [6.07, 6.45) is 1.73. The highest BCUT2D eigenvalue weighted by atomic mass is 35.5. The minimum absolute atomic E-state index is 0.0767. The van der Waals surface area contributed by atoms with Crippen LogP contribution in [0.3, 0.4) is 0 Å². The van der Waals surface area contributed by atoms with Crippen LogP contribution in [0.25, 0.3) is 0 Å². The van der Waals surface area contributed by atoms with Gasteiger partial charge in [0.1, 0.15) is 0 Å². The van der Waals surface area contributed by atoms with Crippen LogP contribution in [0, 0.1) is 0 Å². The number of anilines is 1. The molecule has 2 heterocycles. The number of rotatable bonds is 3. The lowest BCUT2D eigenvalue weighted by Gasteiger charge is -2.16. The predicted molar refractivity (Wildman–Crippen MR) is 66.2 cm³/mol. The van der Waals surface area contributed by atoms with Gasteiger partial charge in [0.05, 0.1) is 12.2 Å². The van der Waals surface area contributed by atoms with E-state index in [9.17, 15) is 0 Å². The molecular weight excluding hydrogens is 261 g/mol. The maximum atomic E-state index is 5.71. The van der Waals surface area contributed by atoms with Crippen LogP contribution in [-0.2, 0) is 6.54 Å². The molecule has 0 bridgehead atoms. The van der Waals surface area contributed by atoms with Gasteiger partial charge in [0, 0.05) is 13.2 Å². The molecule has 0 spiro atoms. The Balaban J connectivity index is 2.17. The SMILES string of the molecule is CN(Cc1ccccn1)c1nc(Cl)nc(Cl)n1. The number of hydrogen-bond acceptors (Lipinski definition) is 5. The van der Waals surface area contributed by atoms with Crippen molar-refractivity contribution in [3.8, 4) is 0 Å². The molecule has 0 radical (unpaired) electrons. The van der Waals surface area contributed by atoms with Gasteiger partial charge in [-0.05, 0) is 35.3 Å². The molecule has 2 aromatic rings. The Bertz CT molecular complexity index is 485. The van der Waals surface area contributed by atoms with E-state index in [0.29, 0.717) is 12.5 Å². The van der Waals surface area contributed by atoms with Crippen LogP contribution in [0.15, 0.2) is 24.4 Å². The van der Waals surface area contributed by atoms with Crippen molar-refractivity contribution in [3.05, 3.63) is 40.7 Å². The molecule has 88 valence electrons. The highest BCUT2D eigenvalue weighted by Gasteiger charge is 2.09. The molecule has 0 unspecified atom stereocenters. The van der Waals surface area contributed by atoms with Gasteiger partial charge in [0.25, 0.3) is 0 Å². The van der Waals surface area contributed by atoms with Gasteiger partial charge in [-0.25, -0.2) is 0 Å². The van der Waals surface area contributed by atoms with E-state index in [1.807, 2.05) is 25.2 Å². The monoisotopic (exact) mass is 269 g/mol. The zero-order valence-corrected chi connectivity index (χ0v) is 10.5. The minimum atomic E-state index is 0.0767. The molecule has 2 rings (SSSR count). The quantitative estimate of drug-likeness (QED) is 0.855. The number of aromatic nitrogens is 4. The van der Waals surface area contributed by atoms with Crippen molar-refractivity contribution in [1.29, 1.82) is 0 Å². The Kier molecular flexibility index (Phi) is 3.71. The Morgan fingerprint density at radius 3 is 2.41 bits per heavy atom. The highest BCUT2D eigenvalue weighted by molar-refractivity contribution is 6.31. The molecule has 2 aromatic heterocycles. The van der Waals surface area contributed by atoms with Crippen molar-refractivity contribution in [2.24, 2.45) is 0 Å². The van der Waals surface area contributed by atoms with E-state index >= 15 is 0 Å². The fraction of sp³-hybridized carbons (Fsp3) is 0.200. The first-order chi connectivity index (χ1) is 8.15. The topological polar surface area (TPSA) is 54.8 Å².